The molecule has 1 amide bonds. The van der Waals surface area contributed by atoms with E-state index in [0.29, 0.717) is 6.61 Å². The molecule has 0 saturated heterocycles. The minimum atomic E-state index is -0.537. The van der Waals surface area contributed by atoms with Gasteiger partial charge < -0.3 is 9.47 Å². The monoisotopic (exact) mass is 215 g/mol. The van der Waals surface area contributed by atoms with Crippen molar-refractivity contribution in [2.45, 2.75) is 13.8 Å². The molecule has 0 aliphatic carbocycles. The molecule has 86 valence electrons. The molecule has 0 bridgehead atoms. The summed E-state index contributed by atoms with van der Waals surface area (Å²) in [6, 6.07) is 0. The van der Waals surface area contributed by atoms with E-state index in [4.69, 9.17) is 9.47 Å². The first-order chi connectivity index (χ1) is 7.15. The molecule has 0 aromatic carbocycles. The van der Waals surface area contributed by atoms with Crippen LogP contribution in [0.15, 0.2) is 12.7 Å². The highest BCUT2D eigenvalue weighted by Crippen LogP contribution is 1.96. The predicted octanol–water partition coefficient (Wildman–Crippen LogP) is 1.19. The van der Waals surface area contributed by atoms with Gasteiger partial charge in [0.15, 0.2) is 0 Å². The van der Waals surface area contributed by atoms with Crippen LogP contribution < -0.4 is 0 Å². The predicted molar refractivity (Wildman–Crippen MR) is 55.4 cm³/mol. The molecule has 0 saturated carbocycles. The molecule has 0 N–H and O–H groups in total. The number of hydrogen-bond donors (Lipinski definition) is 0. The third-order valence-corrected chi connectivity index (χ3v) is 1.50. The second-order valence-corrected chi connectivity index (χ2v) is 2.67. The van der Waals surface area contributed by atoms with Crippen LogP contribution in [-0.4, -0.2) is 43.3 Å². The molecule has 15 heavy (non-hydrogen) atoms. The third-order valence-electron chi connectivity index (χ3n) is 1.50. The van der Waals surface area contributed by atoms with Crippen LogP contribution in [0.1, 0.15) is 13.8 Å². The van der Waals surface area contributed by atoms with Gasteiger partial charge >= 0.3 is 12.1 Å². The molecule has 0 heterocycles. The summed E-state index contributed by atoms with van der Waals surface area (Å²) in [5.74, 6) is -0.451. The fourth-order valence-electron chi connectivity index (χ4n) is 0.937. The lowest BCUT2D eigenvalue weighted by molar-refractivity contribution is -0.143. The topological polar surface area (TPSA) is 55.8 Å². The van der Waals surface area contributed by atoms with Crippen LogP contribution in [0.4, 0.5) is 4.79 Å². The van der Waals surface area contributed by atoms with Crippen molar-refractivity contribution in [1.82, 2.24) is 4.90 Å². The van der Waals surface area contributed by atoms with Crippen LogP contribution in [-0.2, 0) is 14.3 Å². The zero-order valence-corrected chi connectivity index (χ0v) is 9.19. The van der Waals surface area contributed by atoms with Gasteiger partial charge in [0.05, 0.1) is 13.2 Å². The van der Waals surface area contributed by atoms with Gasteiger partial charge in [0, 0.05) is 6.54 Å². The van der Waals surface area contributed by atoms with E-state index >= 15 is 0 Å². The molecule has 0 atom stereocenters. The molecule has 0 spiro atoms. The van der Waals surface area contributed by atoms with E-state index < -0.39 is 12.1 Å². The number of carbonyl (C=O) groups excluding carboxylic acids is 2. The quantitative estimate of drug-likeness (QED) is 0.493. The Morgan fingerprint density at radius 1 is 1.27 bits per heavy atom. The first-order valence-corrected chi connectivity index (χ1v) is 4.83. The van der Waals surface area contributed by atoms with E-state index in [-0.39, 0.29) is 19.7 Å². The van der Waals surface area contributed by atoms with Crippen molar-refractivity contribution in [3.05, 3.63) is 12.7 Å². The fraction of sp³-hybridized carbons (Fsp3) is 0.600. The van der Waals surface area contributed by atoms with Crippen molar-refractivity contribution in [3.63, 3.8) is 0 Å². The number of nitrogens with zero attached hydrogens (tertiary/aromatic N) is 1. The summed E-state index contributed by atoms with van der Waals surface area (Å²) < 4.78 is 9.49. The minimum absolute atomic E-state index is 0.112. The standard InChI is InChI=1S/C10H17NO4/c1-4-7-11(10(13)15-6-3)8-9(12)14-5-2/h4H,1,5-8H2,2-3H3. The summed E-state index contributed by atoms with van der Waals surface area (Å²) in [6.07, 6.45) is 0.987. The van der Waals surface area contributed by atoms with Crippen molar-refractivity contribution in [1.29, 1.82) is 0 Å². The molecular formula is C10H17NO4. The summed E-state index contributed by atoms with van der Waals surface area (Å²) in [7, 11) is 0. The maximum Gasteiger partial charge on any atom is 0.410 e. The second-order valence-electron chi connectivity index (χ2n) is 2.67. The smallest absolute Gasteiger partial charge is 0.410 e. The highest BCUT2D eigenvalue weighted by Gasteiger charge is 2.17. The lowest BCUT2D eigenvalue weighted by Gasteiger charge is -2.18. The Morgan fingerprint density at radius 3 is 2.33 bits per heavy atom. The molecule has 5 nitrogen and oxygen atoms in total. The van der Waals surface area contributed by atoms with E-state index in [1.165, 1.54) is 11.0 Å². The molecule has 0 aromatic rings. The van der Waals surface area contributed by atoms with Crippen LogP contribution in [0.5, 0.6) is 0 Å². The van der Waals surface area contributed by atoms with E-state index in [9.17, 15) is 9.59 Å². The number of ether oxygens (including phenoxy) is 2. The van der Waals surface area contributed by atoms with Gasteiger partial charge in [-0.15, -0.1) is 6.58 Å². The number of esters is 1. The van der Waals surface area contributed by atoms with Gasteiger partial charge in [-0.1, -0.05) is 6.08 Å². The first kappa shape index (κ1) is 13.5. The van der Waals surface area contributed by atoms with Crippen LogP contribution >= 0.6 is 0 Å². The highest BCUT2D eigenvalue weighted by molar-refractivity contribution is 5.78. The summed E-state index contributed by atoms with van der Waals surface area (Å²) in [5.41, 5.74) is 0. The molecule has 0 aliphatic heterocycles. The molecule has 0 aromatic heterocycles. The van der Waals surface area contributed by atoms with E-state index in [1.807, 2.05) is 0 Å². The van der Waals surface area contributed by atoms with E-state index in [0.717, 1.165) is 0 Å². The van der Waals surface area contributed by atoms with Crippen molar-refractivity contribution in [2.24, 2.45) is 0 Å². The Morgan fingerprint density at radius 2 is 1.87 bits per heavy atom. The Labute approximate surface area is 89.6 Å². The first-order valence-electron chi connectivity index (χ1n) is 4.83. The zero-order valence-electron chi connectivity index (χ0n) is 9.19. The number of amides is 1. The van der Waals surface area contributed by atoms with Gasteiger partial charge in [-0.25, -0.2) is 4.79 Å². The molecular weight excluding hydrogens is 198 g/mol. The molecule has 0 unspecified atom stereocenters. The summed E-state index contributed by atoms with van der Waals surface area (Å²) in [6.45, 7) is 7.62. The molecule has 0 fully saturated rings. The maximum atomic E-state index is 11.3. The Bertz CT molecular complexity index is 227. The van der Waals surface area contributed by atoms with Crippen LogP contribution in [0.3, 0.4) is 0 Å². The third kappa shape index (κ3) is 5.72. The van der Waals surface area contributed by atoms with Crippen molar-refractivity contribution in [3.8, 4) is 0 Å². The SMILES string of the molecule is C=CCN(CC(=O)OCC)C(=O)OCC. The zero-order chi connectivity index (χ0) is 11.7. The Kier molecular flexibility index (Phi) is 7.05. The summed E-state index contributed by atoms with van der Waals surface area (Å²) in [4.78, 5) is 23.7. The van der Waals surface area contributed by atoms with E-state index in [2.05, 4.69) is 6.58 Å². The number of rotatable bonds is 6. The molecule has 0 radical (unpaired) electrons. The van der Waals surface area contributed by atoms with Gasteiger partial charge in [0.25, 0.3) is 0 Å². The summed E-state index contributed by atoms with van der Waals surface area (Å²) in [5, 5.41) is 0. The fourth-order valence-corrected chi connectivity index (χ4v) is 0.937. The second kappa shape index (κ2) is 7.84. The highest BCUT2D eigenvalue weighted by atomic mass is 16.6. The normalized spacial score (nSPS) is 9.20. The van der Waals surface area contributed by atoms with Gasteiger partial charge in [0.2, 0.25) is 0 Å². The average Bonchev–Trinajstić information content (AvgIpc) is 2.18. The lowest BCUT2D eigenvalue weighted by atomic mass is 10.5. The van der Waals surface area contributed by atoms with Crippen LogP contribution in [0.25, 0.3) is 0 Å². The van der Waals surface area contributed by atoms with Crippen LogP contribution in [0, 0.1) is 0 Å². The number of hydrogen-bond acceptors (Lipinski definition) is 4. The van der Waals surface area contributed by atoms with Gasteiger partial charge in [-0.05, 0) is 13.8 Å². The average molecular weight is 215 g/mol. The van der Waals surface area contributed by atoms with Crippen LogP contribution in [0.2, 0.25) is 0 Å². The Balaban J connectivity index is 4.19. The Hall–Kier alpha value is -1.52. The van der Waals surface area contributed by atoms with Gasteiger partial charge in [-0.2, -0.15) is 0 Å². The van der Waals surface area contributed by atoms with Crippen molar-refractivity contribution >= 4 is 12.1 Å². The van der Waals surface area contributed by atoms with Gasteiger partial charge in [-0.3, -0.25) is 9.69 Å². The molecule has 0 rings (SSSR count). The maximum absolute atomic E-state index is 11.3. The van der Waals surface area contributed by atoms with Crippen molar-refractivity contribution in [2.75, 3.05) is 26.3 Å². The molecule has 0 aliphatic rings. The van der Waals surface area contributed by atoms with E-state index in [1.54, 1.807) is 13.8 Å². The van der Waals surface area contributed by atoms with Gasteiger partial charge in [0.1, 0.15) is 6.54 Å². The minimum Gasteiger partial charge on any atom is -0.465 e. The lowest BCUT2D eigenvalue weighted by Crippen LogP contribution is -2.37. The molecule has 5 heteroatoms. The largest absolute Gasteiger partial charge is 0.465 e. The summed E-state index contributed by atoms with van der Waals surface area (Å²) >= 11 is 0. The van der Waals surface area contributed by atoms with Crippen molar-refractivity contribution < 1.29 is 19.1 Å². The number of carbonyl (C=O) groups is 2.